The van der Waals surface area contributed by atoms with Crippen LogP contribution in [0.5, 0.6) is 0 Å². The fourth-order valence-electron chi connectivity index (χ4n) is 3.60. The van der Waals surface area contributed by atoms with Crippen molar-refractivity contribution in [2.45, 2.75) is 32.2 Å². The molecule has 1 N–H and O–H groups in total. The number of hydrogen-bond acceptors (Lipinski definition) is 4. The Kier molecular flexibility index (Phi) is 11.6. The zero-order valence-electron chi connectivity index (χ0n) is 21.9. The maximum Gasteiger partial charge on any atom is 0.416 e. The number of alkyl halides is 6. The molecule has 0 atom stereocenters. The quantitative estimate of drug-likeness (QED) is 0.274. The number of rotatable bonds is 13. The van der Waals surface area contributed by atoms with Crippen LogP contribution in [0.4, 0.5) is 36.8 Å². The van der Waals surface area contributed by atoms with Crippen LogP contribution in [0.1, 0.15) is 30.2 Å². The van der Waals surface area contributed by atoms with E-state index in [9.17, 15) is 35.9 Å². The second-order valence-corrected chi connectivity index (χ2v) is 8.62. The fourth-order valence-corrected chi connectivity index (χ4v) is 3.60. The number of aryl methyl sites for hydroxylation is 1. The van der Waals surface area contributed by atoms with Crippen LogP contribution < -0.4 is 5.32 Å². The van der Waals surface area contributed by atoms with Crippen molar-refractivity contribution in [1.82, 2.24) is 14.4 Å². The van der Waals surface area contributed by atoms with Crippen molar-refractivity contribution in [1.29, 1.82) is 0 Å². The number of carbonyl (C=O) groups is 2. The zero-order chi connectivity index (χ0) is 29.2. The van der Waals surface area contributed by atoms with E-state index in [2.05, 4.69) is 5.32 Å². The first kappa shape index (κ1) is 32.0. The highest BCUT2D eigenvalue weighted by atomic mass is 19.4. The highest BCUT2D eigenvalue weighted by molar-refractivity contribution is 5.92. The minimum Gasteiger partial charge on any atom is -0.383 e. The summed E-state index contributed by atoms with van der Waals surface area (Å²) >= 11 is 0. The predicted molar refractivity (Wildman–Crippen MR) is 131 cm³/mol. The minimum atomic E-state index is -5.08. The third kappa shape index (κ3) is 10.1. The normalized spacial score (nSPS) is 11.9. The molecular formula is C25H32F6N4O4. The average Bonchev–Trinajstić information content (AvgIpc) is 3.26. The molecule has 0 aliphatic heterocycles. The van der Waals surface area contributed by atoms with Gasteiger partial charge in [-0.3, -0.25) is 4.79 Å². The van der Waals surface area contributed by atoms with Gasteiger partial charge < -0.3 is 29.2 Å². The summed E-state index contributed by atoms with van der Waals surface area (Å²) in [6.45, 7) is 2.47. The molecule has 0 fully saturated rings. The van der Waals surface area contributed by atoms with Crippen LogP contribution in [-0.4, -0.2) is 72.9 Å². The van der Waals surface area contributed by atoms with Crippen molar-refractivity contribution < 1.29 is 45.4 Å². The van der Waals surface area contributed by atoms with E-state index in [1.54, 1.807) is 26.2 Å². The Hall–Kier alpha value is -3.26. The number of halogens is 6. The molecule has 39 heavy (non-hydrogen) atoms. The van der Waals surface area contributed by atoms with Gasteiger partial charge in [-0.05, 0) is 43.7 Å². The summed E-state index contributed by atoms with van der Waals surface area (Å²) in [5.41, 5.74) is -3.04. The van der Waals surface area contributed by atoms with E-state index in [-0.39, 0.29) is 45.3 Å². The number of methoxy groups -OCH3 is 1. The lowest BCUT2D eigenvalue weighted by Crippen LogP contribution is -2.45. The van der Waals surface area contributed by atoms with Gasteiger partial charge in [-0.25, -0.2) is 4.79 Å². The lowest BCUT2D eigenvalue weighted by atomic mass is 10.1. The summed E-state index contributed by atoms with van der Waals surface area (Å²) < 4.78 is 91.7. The molecule has 0 aliphatic rings. The standard InChI is InChI=1S/C25H32F6N4O4/c1-4-39-11-6-9-35(17-22(36)34(10-12-38-3)16-21-7-5-8-33(21)2)23(37)32-20-14-18(24(26,27)28)13-19(15-20)25(29,30)31/h5,7-8,13-15H,4,6,9-12,16-17H2,1-3H3,(H,32,37). The van der Waals surface area contributed by atoms with E-state index < -0.39 is 47.6 Å². The summed E-state index contributed by atoms with van der Waals surface area (Å²) in [6, 6.07) is 3.37. The van der Waals surface area contributed by atoms with Crippen LogP contribution in [0.15, 0.2) is 36.5 Å². The van der Waals surface area contributed by atoms with Gasteiger partial charge in [0.15, 0.2) is 0 Å². The number of anilines is 1. The number of nitrogens with zero attached hydrogens (tertiary/aromatic N) is 3. The number of benzene rings is 1. The Morgan fingerprint density at radius 2 is 1.62 bits per heavy atom. The molecule has 0 aliphatic carbocycles. The molecule has 3 amide bonds. The smallest absolute Gasteiger partial charge is 0.383 e. The van der Waals surface area contributed by atoms with Gasteiger partial charge in [-0.2, -0.15) is 26.3 Å². The molecule has 1 aromatic heterocycles. The maximum absolute atomic E-state index is 13.3. The summed E-state index contributed by atoms with van der Waals surface area (Å²) in [5, 5.41) is 2.10. The van der Waals surface area contributed by atoms with Crippen molar-refractivity contribution in [2.24, 2.45) is 7.05 Å². The van der Waals surface area contributed by atoms with Gasteiger partial charge in [-0.15, -0.1) is 0 Å². The van der Waals surface area contributed by atoms with Crippen LogP contribution in [0.2, 0.25) is 0 Å². The topological polar surface area (TPSA) is 76.0 Å². The van der Waals surface area contributed by atoms with Gasteiger partial charge >= 0.3 is 18.4 Å². The molecule has 0 bridgehead atoms. The number of aromatic nitrogens is 1. The lowest BCUT2D eigenvalue weighted by molar-refractivity contribution is -0.143. The summed E-state index contributed by atoms with van der Waals surface area (Å²) in [6.07, 6.45) is -8.08. The van der Waals surface area contributed by atoms with Gasteiger partial charge in [0.05, 0.1) is 24.3 Å². The third-order valence-corrected chi connectivity index (χ3v) is 5.70. The first-order chi connectivity index (χ1) is 18.3. The first-order valence-corrected chi connectivity index (χ1v) is 12.1. The molecule has 218 valence electrons. The SMILES string of the molecule is CCOCCCN(CC(=O)N(CCOC)Cc1cccn1C)C(=O)Nc1cc(C(F)(F)F)cc(C(F)(F)F)c1. The van der Waals surface area contributed by atoms with Crippen molar-refractivity contribution in [3.8, 4) is 0 Å². The second kappa shape index (κ2) is 14.2. The molecule has 8 nitrogen and oxygen atoms in total. The third-order valence-electron chi connectivity index (χ3n) is 5.70. The zero-order valence-corrected chi connectivity index (χ0v) is 21.9. The number of hydrogen-bond donors (Lipinski definition) is 1. The molecule has 0 unspecified atom stereocenters. The van der Waals surface area contributed by atoms with Gasteiger partial charge in [0.25, 0.3) is 0 Å². The van der Waals surface area contributed by atoms with Crippen molar-refractivity contribution in [2.75, 3.05) is 51.9 Å². The van der Waals surface area contributed by atoms with Crippen molar-refractivity contribution in [3.63, 3.8) is 0 Å². The van der Waals surface area contributed by atoms with Gasteiger partial charge in [0, 0.05) is 58.0 Å². The summed E-state index contributed by atoms with van der Waals surface area (Å²) in [7, 11) is 3.26. The lowest BCUT2D eigenvalue weighted by Gasteiger charge is -2.28. The molecule has 0 spiro atoms. The van der Waals surface area contributed by atoms with E-state index in [1.807, 2.05) is 10.6 Å². The number of amides is 3. The molecule has 1 aromatic carbocycles. The molecule has 1 heterocycles. The molecule has 14 heteroatoms. The van der Waals surface area contributed by atoms with E-state index in [0.29, 0.717) is 18.7 Å². The molecule has 2 aromatic rings. The fraction of sp³-hybridized carbons (Fsp3) is 0.520. The van der Waals surface area contributed by atoms with E-state index in [1.165, 1.54) is 12.0 Å². The van der Waals surface area contributed by atoms with Crippen molar-refractivity contribution >= 4 is 17.6 Å². The molecule has 0 saturated heterocycles. The Morgan fingerprint density at radius 3 is 2.13 bits per heavy atom. The molecule has 0 saturated carbocycles. The highest BCUT2D eigenvalue weighted by Crippen LogP contribution is 2.37. The van der Waals surface area contributed by atoms with Crippen molar-refractivity contribution in [3.05, 3.63) is 53.3 Å². The van der Waals surface area contributed by atoms with Crippen LogP contribution in [0, 0.1) is 0 Å². The monoisotopic (exact) mass is 566 g/mol. The van der Waals surface area contributed by atoms with Crippen LogP contribution >= 0.6 is 0 Å². The van der Waals surface area contributed by atoms with E-state index in [0.717, 1.165) is 10.6 Å². The minimum absolute atomic E-state index is 0.0315. The first-order valence-electron chi connectivity index (χ1n) is 12.1. The van der Waals surface area contributed by atoms with E-state index >= 15 is 0 Å². The summed E-state index contributed by atoms with van der Waals surface area (Å²) in [4.78, 5) is 28.8. The summed E-state index contributed by atoms with van der Waals surface area (Å²) in [5.74, 6) is -0.486. The number of ether oxygens (including phenoxy) is 2. The van der Waals surface area contributed by atoms with Gasteiger partial charge in [0.2, 0.25) is 5.91 Å². The average molecular weight is 567 g/mol. The maximum atomic E-state index is 13.3. The molecule has 2 rings (SSSR count). The second-order valence-electron chi connectivity index (χ2n) is 8.62. The van der Waals surface area contributed by atoms with Crippen LogP contribution in [0.25, 0.3) is 0 Å². The Balaban J connectivity index is 2.29. The largest absolute Gasteiger partial charge is 0.416 e. The number of nitrogens with one attached hydrogen (secondary N) is 1. The van der Waals surface area contributed by atoms with E-state index in [4.69, 9.17) is 9.47 Å². The van der Waals surface area contributed by atoms with Gasteiger partial charge in [-0.1, -0.05) is 0 Å². The molecular weight excluding hydrogens is 534 g/mol. The Labute approximate surface area is 222 Å². The number of urea groups is 1. The van der Waals surface area contributed by atoms with Crippen LogP contribution in [-0.2, 0) is 40.2 Å². The highest BCUT2D eigenvalue weighted by Gasteiger charge is 2.37. The number of carbonyl (C=O) groups excluding carboxylic acids is 2. The van der Waals surface area contributed by atoms with Gasteiger partial charge in [0.1, 0.15) is 6.54 Å². The molecule has 0 radical (unpaired) electrons. The Morgan fingerprint density at radius 1 is 0.974 bits per heavy atom. The Bertz CT molecular complexity index is 1050. The predicted octanol–water partition coefficient (Wildman–Crippen LogP) is 5.00. The van der Waals surface area contributed by atoms with Crippen LogP contribution in [0.3, 0.4) is 0 Å².